The average Bonchev–Trinajstić information content (AvgIpc) is 2.35. The van der Waals surface area contributed by atoms with Gasteiger partial charge in [0.25, 0.3) is 0 Å². The summed E-state index contributed by atoms with van der Waals surface area (Å²) in [4.78, 5) is 22.6. The minimum absolute atomic E-state index is 0.0582. The van der Waals surface area contributed by atoms with Gasteiger partial charge in [-0.15, -0.1) is 0 Å². The van der Waals surface area contributed by atoms with Gasteiger partial charge in [-0.3, -0.25) is 5.32 Å². The van der Waals surface area contributed by atoms with E-state index in [2.05, 4.69) is 11.9 Å². The maximum Gasteiger partial charge on any atom is 0.412 e. The Kier molecular flexibility index (Phi) is 4.97. The molecule has 6 nitrogen and oxygen atoms in total. The minimum Gasteiger partial charge on any atom is -0.495 e. The second-order valence-electron chi connectivity index (χ2n) is 5.33. The Balaban J connectivity index is 2.97. The molecule has 0 saturated carbocycles. The van der Waals surface area contributed by atoms with E-state index >= 15 is 0 Å². The number of nitrogens with one attached hydrogen (secondary N) is 1. The molecule has 0 atom stereocenters. The third-order valence-electron chi connectivity index (χ3n) is 2.44. The molecule has 2 N–H and O–H groups in total. The average molecular weight is 293 g/mol. The number of methoxy groups -OCH3 is 1. The molecule has 0 radical (unpaired) electrons. The van der Waals surface area contributed by atoms with Gasteiger partial charge in [0.05, 0.1) is 18.4 Å². The Morgan fingerprint density at radius 1 is 1.29 bits per heavy atom. The molecule has 21 heavy (non-hydrogen) atoms. The Morgan fingerprint density at radius 3 is 2.38 bits per heavy atom. The number of rotatable bonds is 4. The van der Waals surface area contributed by atoms with Crippen molar-refractivity contribution in [2.24, 2.45) is 0 Å². The lowest BCUT2D eigenvalue weighted by Gasteiger charge is -2.20. The predicted molar refractivity (Wildman–Crippen MR) is 79.5 cm³/mol. The van der Waals surface area contributed by atoms with Crippen LogP contribution in [0.15, 0.2) is 24.8 Å². The third kappa shape index (κ3) is 4.83. The van der Waals surface area contributed by atoms with Gasteiger partial charge in [0.1, 0.15) is 11.4 Å². The van der Waals surface area contributed by atoms with Crippen LogP contribution in [0, 0.1) is 0 Å². The smallest absolute Gasteiger partial charge is 0.412 e. The van der Waals surface area contributed by atoms with E-state index in [1.54, 1.807) is 20.8 Å². The Labute approximate surface area is 123 Å². The second kappa shape index (κ2) is 6.30. The lowest BCUT2D eigenvalue weighted by Crippen LogP contribution is -2.27. The van der Waals surface area contributed by atoms with Crippen molar-refractivity contribution >= 4 is 23.3 Å². The number of carboxylic acids is 1. The molecule has 0 saturated heterocycles. The third-order valence-corrected chi connectivity index (χ3v) is 2.44. The lowest BCUT2D eigenvalue weighted by atomic mass is 10.1. The Morgan fingerprint density at radius 2 is 1.90 bits per heavy atom. The van der Waals surface area contributed by atoms with E-state index < -0.39 is 17.7 Å². The molecule has 0 bridgehead atoms. The van der Waals surface area contributed by atoms with E-state index in [4.69, 9.17) is 14.6 Å². The zero-order chi connectivity index (χ0) is 16.2. The first-order valence-electron chi connectivity index (χ1n) is 6.24. The van der Waals surface area contributed by atoms with Crippen molar-refractivity contribution in [3.05, 3.63) is 30.3 Å². The SMILES string of the molecule is C=C(C(=O)O)c1ccc(NC(=O)OC(C)(C)C)c(OC)c1. The van der Waals surface area contributed by atoms with Gasteiger partial charge in [-0.25, -0.2) is 9.59 Å². The van der Waals surface area contributed by atoms with E-state index in [0.29, 0.717) is 17.0 Å². The first-order chi connectivity index (χ1) is 9.64. The molecule has 1 rings (SSSR count). The fraction of sp³-hybridized carbons (Fsp3) is 0.333. The molecule has 1 aromatic rings. The van der Waals surface area contributed by atoms with Crippen LogP contribution in [0.2, 0.25) is 0 Å². The quantitative estimate of drug-likeness (QED) is 0.833. The summed E-state index contributed by atoms with van der Waals surface area (Å²) in [5.41, 5.74) is 0.106. The van der Waals surface area contributed by atoms with Gasteiger partial charge < -0.3 is 14.6 Å². The monoisotopic (exact) mass is 293 g/mol. The fourth-order valence-electron chi connectivity index (χ4n) is 1.52. The van der Waals surface area contributed by atoms with Crippen molar-refractivity contribution in [2.75, 3.05) is 12.4 Å². The molecule has 0 aliphatic carbocycles. The molecule has 0 aliphatic rings. The van der Waals surface area contributed by atoms with E-state index in [9.17, 15) is 9.59 Å². The number of anilines is 1. The van der Waals surface area contributed by atoms with Crippen molar-refractivity contribution in [1.29, 1.82) is 0 Å². The van der Waals surface area contributed by atoms with Gasteiger partial charge in [-0.2, -0.15) is 0 Å². The van der Waals surface area contributed by atoms with E-state index in [1.165, 1.54) is 25.3 Å². The molecule has 6 heteroatoms. The molecule has 0 unspecified atom stereocenters. The summed E-state index contributed by atoms with van der Waals surface area (Å²) in [5.74, 6) is -0.800. The number of amides is 1. The van der Waals surface area contributed by atoms with Crippen LogP contribution in [-0.2, 0) is 9.53 Å². The summed E-state index contributed by atoms with van der Waals surface area (Å²) in [6.45, 7) is 8.73. The van der Waals surface area contributed by atoms with Gasteiger partial charge in [-0.1, -0.05) is 12.6 Å². The summed E-state index contributed by atoms with van der Waals surface area (Å²) in [7, 11) is 1.42. The fourth-order valence-corrected chi connectivity index (χ4v) is 1.52. The molecule has 114 valence electrons. The van der Waals surface area contributed by atoms with Gasteiger partial charge >= 0.3 is 12.1 Å². The molecule has 0 fully saturated rings. The molecular weight excluding hydrogens is 274 g/mol. The van der Waals surface area contributed by atoms with Crippen LogP contribution in [0.4, 0.5) is 10.5 Å². The van der Waals surface area contributed by atoms with E-state index in [-0.39, 0.29) is 5.57 Å². The van der Waals surface area contributed by atoms with Gasteiger partial charge in [0, 0.05) is 0 Å². The summed E-state index contributed by atoms with van der Waals surface area (Å²) in [5, 5.41) is 11.5. The molecule has 0 aromatic heterocycles. The standard InChI is InChI=1S/C15H19NO5/c1-9(13(17)18)10-6-7-11(12(8-10)20-5)16-14(19)21-15(2,3)4/h6-8H,1H2,2-5H3,(H,16,19)(H,17,18). The molecule has 0 aliphatic heterocycles. The number of hydrogen-bond donors (Lipinski definition) is 2. The second-order valence-corrected chi connectivity index (χ2v) is 5.33. The van der Waals surface area contributed by atoms with Gasteiger partial charge in [0.2, 0.25) is 0 Å². The van der Waals surface area contributed by atoms with Gasteiger partial charge in [-0.05, 0) is 38.5 Å². The topological polar surface area (TPSA) is 84.9 Å². The Bertz CT molecular complexity index is 572. The zero-order valence-electron chi connectivity index (χ0n) is 12.5. The van der Waals surface area contributed by atoms with Crippen molar-refractivity contribution in [3.63, 3.8) is 0 Å². The first kappa shape index (κ1) is 16.6. The van der Waals surface area contributed by atoms with Crippen LogP contribution in [0.5, 0.6) is 5.75 Å². The molecule has 1 aromatic carbocycles. The number of aliphatic carboxylic acids is 1. The highest BCUT2D eigenvalue weighted by atomic mass is 16.6. The van der Waals surface area contributed by atoms with Crippen LogP contribution in [0.1, 0.15) is 26.3 Å². The summed E-state index contributed by atoms with van der Waals surface area (Å²) < 4.78 is 10.3. The minimum atomic E-state index is -1.12. The maximum absolute atomic E-state index is 11.7. The van der Waals surface area contributed by atoms with Crippen LogP contribution < -0.4 is 10.1 Å². The Hall–Kier alpha value is -2.50. The molecule has 0 heterocycles. The van der Waals surface area contributed by atoms with Crippen LogP contribution in [-0.4, -0.2) is 29.9 Å². The zero-order valence-corrected chi connectivity index (χ0v) is 12.5. The summed E-state index contributed by atoms with van der Waals surface area (Å²) in [6.07, 6.45) is -0.620. The molecule has 0 spiro atoms. The molecular formula is C15H19NO5. The summed E-state index contributed by atoms with van der Waals surface area (Å²) in [6, 6.07) is 4.56. The van der Waals surface area contributed by atoms with Crippen molar-refractivity contribution in [2.45, 2.75) is 26.4 Å². The van der Waals surface area contributed by atoms with Crippen molar-refractivity contribution in [1.82, 2.24) is 0 Å². The van der Waals surface area contributed by atoms with Crippen LogP contribution in [0.25, 0.3) is 5.57 Å². The number of ether oxygens (including phenoxy) is 2. The number of hydrogen-bond acceptors (Lipinski definition) is 4. The summed E-state index contributed by atoms with van der Waals surface area (Å²) >= 11 is 0. The number of benzene rings is 1. The molecule has 1 amide bonds. The number of carbonyl (C=O) groups is 2. The normalized spacial score (nSPS) is 10.7. The number of carbonyl (C=O) groups excluding carboxylic acids is 1. The maximum atomic E-state index is 11.7. The van der Waals surface area contributed by atoms with Crippen molar-refractivity contribution < 1.29 is 24.2 Å². The largest absolute Gasteiger partial charge is 0.495 e. The highest BCUT2D eigenvalue weighted by molar-refractivity contribution is 6.14. The van der Waals surface area contributed by atoms with E-state index in [1.807, 2.05) is 0 Å². The van der Waals surface area contributed by atoms with Crippen LogP contribution >= 0.6 is 0 Å². The first-order valence-corrected chi connectivity index (χ1v) is 6.24. The highest BCUT2D eigenvalue weighted by Crippen LogP contribution is 2.28. The lowest BCUT2D eigenvalue weighted by molar-refractivity contribution is -0.130. The van der Waals surface area contributed by atoms with Gasteiger partial charge in [0.15, 0.2) is 0 Å². The highest BCUT2D eigenvalue weighted by Gasteiger charge is 2.18. The van der Waals surface area contributed by atoms with Crippen molar-refractivity contribution in [3.8, 4) is 5.75 Å². The predicted octanol–water partition coefficient (Wildman–Crippen LogP) is 3.14. The number of carboxylic acid groups (broad SMARTS) is 1. The van der Waals surface area contributed by atoms with E-state index in [0.717, 1.165) is 0 Å². The van der Waals surface area contributed by atoms with Crippen LogP contribution in [0.3, 0.4) is 0 Å².